The molecule has 100 valence electrons. The van der Waals surface area contributed by atoms with Gasteiger partial charge in [-0.2, -0.15) is 0 Å². The van der Waals surface area contributed by atoms with Gasteiger partial charge in [-0.25, -0.2) is 9.78 Å². The average molecular weight is 253 g/mol. The molecule has 0 fully saturated rings. The lowest BCUT2D eigenvalue weighted by Gasteiger charge is -2.09. The Bertz CT molecular complexity index is 371. The molecule has 0 aromatic carbocycles. The highest BCUT2D eigenvalue weighted by molar-refractivity contribution is 5.73. The van der Waals surface area contributed by atoms with Crippen molar-refractivity contribution in [3.05, 3.63) is 23.9 Å². The average Bonchev–Trinajstić information content (AvgIpc) is 2.41. The number of methoxy groups -OCH3 is 2. The number of hydrogen-bond donors (Lipinski definition) is 2. The largest absolute Gasteiger partial charge is 0.481 e. The van der Waals surface area contributed by atoms with E-state index in [1.54, 1.807) is 26.5 Å². The predicted molar refractivity (Wildman–Crippen MR) is 67.5 cm³/mol. The fraction of sp³-hybridized carbons (Fsp3) is 0.500. The van der Waals surface area contributed by atoms with E-state index in [0.717, 1.165) is 12.0 Å². The van der Waals surface area contributed by atoms with Gasteiger partial charge in [-0.15, -0.1) is 0 Å². The van der Waals surface area contributed by atoms with Crippen molar-refractivity contribution < 1.29 is 14.3 Å². The lowest BCUT2D eigenvalue weighted by Crippen LogP contribution is -2.35. The maximum Gasteiger partial charge on any atom is 0.315 e. The second kappa shape index (κ2) is 8.30. The van der Waals surface area contributed by atoms with Crippen molar-refractivity contribution in [2.45, 2.75) is 13.0 Å². The minimum absolute atomic E-state index is 0.211. The molecular weight excluding hydrogens is 234 g/mol. The Morgan fingerprint density at radius 1 is 1.39 bits per heavy atom. The van der Waals surface area contributed by atoms with Crippen molar-refractivity contribution >= 4 is 6.03 Å². The number of ether oxygens (including phenoxy) is 2. The molecular formula is C12H19N3O3. The fourth-order valence-electron chi connectivity index (χ4n) is 1.40. The van der Waals surface area contributed by atoms with E-state index in [9.17, 15) is 4.79 Å². The van der Waals surface area contributed by atoms with Crippen LogP contribution in [0.4, 0.5) is 4.79 Å². The number of aromatic nitrogens is 1. The molecule has 0 saturated heterocycles. The number of urea groups is 1. The van der Waals surface area contributed by atoms with Crippen LogP contribution in [0.2, 0.25) is 0 Å². The summed E-state index contributed by atoms with van der Waals surface area (Å²) in [4.78, 5) is 15.5. The first-order valence-corrected chi connectivity index (χ1v) is 5.76. The minimum Gasteiger partial charge on any atom is -0.481 e. The second-order valence-corrected chi connectivity index (χ2v) is 3.63. The molecule has 6 nitrogen and oxygen atoms in total. The number of carbonyl (C=O) groups is 1. The fourth-order valence-corrected chi connectivity index (χ4v) is 1.40. The molecule has 1 heterocycles. The lowest BCUT2D eigenvalue weighted by molar-refractivity contribution is 0.193. The summed E-state index contributed by atoms with van der Waals surface area (Å²) in [5.41, 5.74) is 0.840. The first kappa shape index (κ1) is 14.2. The van der Waals surface area contributed by atoms with Gasteiger partial charge < -0.3 is 20.1 Å². The third kappa shape index (κ3) is 5.01. The zero-order valence-electron chi connectivity index (χ0n) is 10.7. The first-order chi connectivity index (χ1) is 8.77. The molecule has 0 aliphatic rings. The van der Waals surface area contributed by atoms with Gasteiger partial charge in [0.15, 0.2) is 0 Å². The molecule has 1 aromatic heterocycles. The Balaban J connectivity index is 2.29. The van der Waals surface area contributed by atoms with E-state index < -0.39 is 0 Å². The van der Waals surface area contributed by atoms with Gasteiger partial charge >= 0.3 is 6.03 Å². The van der Waals surface area contributed by atoms with Gasteiger partial charge in [0, 0.05) is 38.6 Å². The molecule has 18 heavy (non-hydrogen) atoms. The monoisotopic (exact) mass is 253 g/mol. The third-order valence-corrected chi connectivity index (χ3v) is 2.29. The van der Waals surface area contributed by atoms with E-state index >= 15 is 0 Å². The summed E-state index contributed by atoms with van der Waals surface area (Å²) in [5.74, 6) is 0.525. The van der Waals surface area contributed by atoms with Crippen LogP contribution < -0.4 is 15.4 Å². The van der Waals surface area contributed by atoms with E-state index in [0.29, 0.717) is 25.6 Å². The van der Waals surface area contributed by atoms with Crippen LogP contribution in [-0.2, 0) is 11.3 Å². The summed E-state index contributed by atoms with van der Waals surface area (Å²) in [6.07, 6.45) is 2.44. The SMILES string of the molecule is COCCCNC(=O)NCc1cccnc1OC. The molecule has 0 atom stereocenters. The topological polar surface area (TPSA) is 72.5 Å². The Morgan fingerprint density at radius 3 is 2.94 bits per heavy atom. The molecule has 0 aliphatic heterocycles. The van der Waals surface area contributed by atoms with Gasteiger partial charge in [0.05, 0.1) is 7.11 Å². The summed E-state index contributed by atoms with van der Waals surface area (Å²) in [7, 11) is 3.19. The lowest BCUT2D eigenvalue weighted by atomic mass is 10.3. The second-order valence-electron chi connectivity index (χ2n) is 3.63. The molecule has 0 aliphatic carbocycles. The normalized spacial score (nSPS) is 9.89. The summed E-state index contributed by atoms with van der Waals surface area (Å²) in [6, 6.07) is 3.45. The first-order valence-electron chi connectivity index (χ1n) is 5.76. The number of nitrogens with one attached hydrogen (secondary N) is 2. The van der Waals surface area contributed by atoms with Gasteiger partial charge in [0.25, 0.3) is 0 Å². The van der Waals surface area contributed by atoms with Crippen LogP contribution in [0.1, 0.15) is 12.0 Å². The van der Waals surface area contributed by atoms with Crippen molar-refractivity contribution in [1.82, 2.24) is 15.6 Å². The standard InChI is InChI=1S/C12H19N3O3/c1-17-8-4-7-14-12(16)15-9-10-5-3-6-13-11(10)18-2/h3,5-6H,4,7-9H2,1-2H3,(H2,14,15,16). The van der Waals surface area contributed by atoms with Crippen LogP contribution in [0.5, 0.6) is 5.88 Å². The molecule has 2 amide bonds. The Labute approximate surface area is 107 Å². The van der Waals surface area contributed by atoms with Gasteiger partial charge in [-0.05, 0) is 12.5 Å². The predicted octanol–water partition coefficient (Wildman–Crippen LogP) is 0.926. The third-order valence-electron chi connectivity index (χ3n) is 2.29. The summed E-state index contributed by atoms with van der Waals surface area (Å²) >= 11 is 0. The van der Waals surface area contributed by atoms with Crippen molar-refractivity contribution in [2.75, 3.05) is 27.4 Å². The number of amides is 2. The number of hydrogen-bond acceptors (Lipinski definition) is 4. The smallest absolute Gasteiger partial charge is 0.315 e. The Kier molecular flexibility index (Phi) is 6.56. The van der Waals surface area contributed by atoms with Crippen LogP contribution in [0.25, 0.3) is 0 Å². The number of pyridine rings is 1. The summed E-state index contributed by atoms with van der Waals surface area (Å²) in [5, 5.41) is 5.47. The van der Waals surface area contributed by atoms with Gasteiger partial charge in [0.2, 0.25) is 5.88 Å². The maximum absolute atomic E-state index is 11.5. The van der Waals surface area contributed by atoms with Crippen LogP contribution in [0.3, 0.4) is 0 Å². The zero-order valence-corrected chi connectivity index (χ0v) is 10.7. The molecule has 2 N–H and O–H groups in total. The highest BCUT2D eigenvalue weighted by Gasteiger charge is 2.05. The van der Waals surface area contributed by atoms with Crippen LogP contribution in [-0.4, -0.2) is 38.4 Å². The summed E-state index contributed by atoms with van der Waals surface area (Å²) < 4.78 is 9.98. The van der Waals surface area contributed by atoms with Crippen LogP contribution in [0.15, 0.2) is 18.3 Å². The number of nitrogens with zero attached hydrogens (tertiary/aromatic N) is 1. The molecule has 1 rings (SSSR count). The minimum atomic E-state index is -0.211. The molecule has 0 spiro atoms. The molecule has 0 saturated carbocycles. The highest BCUT2D eigenvalue weighted by atomic mass is 16.5. The van der Waals surface area contributed by atoms with Crippen LogP contribution >= 0.6 is 0 Å². The quantitative estimate of drug-likeness (QED) is 0.709. The van der Waals surface area contributed by atoms with E-state index in [1.165, 1.54) is 0 Å². The molecule has 0 bridgehead atoms. The summed E-state index contributed by atoms with van der Waals surface area (Å²) in [6.45, 7) is 1.60. The van der Waals surface area contributed by atoms with E-state index in [4.69, 9.17) is 9.47 Å². The Morgan fingerprint density at radius 2 is 2.22 bits per heavy atom. The zero-order chi connectivity index (χ0) is 13.2. The van der Waals surface area contributed by atoms with Crippen molar-refractivity contribution in [3.63, 3.8) is 0 Å². The van der Waals surface area contributed by atoms with Crippen molar-refractivity contribution in [1.29, 1.82) is 0 Å². The number of carbonyl (C=O) groups excluding carboxylic acids is 1. The Hall–Kier alpha value is -1.82. The number of rotatable bonds is 7. The van der Waals surface area contributed by atoms with Crippen molar-refractivity contribution in [3.8, 4) is 5.88 Å². The van der Waals surface area contributed by atoms with E-state index in [1.807, 2.05) is 6.07 Å². The van der Waals surface area contributed by atoms with E-state index in [2.05, 4.69) is 15.6 Å². The molecule has 0 radical (unpaired) electrons. The molecule has 6 heteroatoms. The van der Waals surface area contributed by atoms with Gasteiger partial charge in [-0.3, -0.25) is 0 Å². The highest BCUT2D eigenvalue weighted by Crippen LogP contribution is 2.12. The van der Waals surface area contributed by atoms with Crippen molar-refractivity contribution in [2.24, 2.45) is 0 Å². The molecule has 1 aromatic rings. The van der Waals surface area contributed by atoms with E-state index in [-0.39, 0.29) is 6.03 Å². The van der Waals surface area contributed by atoms with Gasteiger partial charge in [-0.1, -0.05) is 6.07 Å². The maximum atomic E-state index is 11.5. The van der Waals surface area contributed by atoms with Crippen LogP contribution in [0, 0.1) is 0 Å². The van der Waals surface area contributed by atoms with Gasteiger partial charge in [0.1, 0.15) is 0 Å². The molecule has 0 unspecified atom stereocenters.